The van der Waals surface area contributed by atoms with Gasteiger partial charge in [0.2, 0.25) is 18.3 Å². The Morgan fingerprint density at radius 3 is 2.83 bits per heavy atom. The summed E-state index contributed by atoms with van der Waals surface area (Å²) in [5.41, 5.74) is 0.407. The number of rotatable bonds is 10. The van der Waals surface area contributed by atoms with E-state index in [-0.39, 0.29) is 6.54 Å². The topological polar surface area (TPSA) is 68.5 Å². The zero-order valence-corrected chi connectivity index (χ0v) is 17.5. The van der Waals surface area contributed by atoms with Gasteiger partial charge in [0.05, 0.1) is 11.5 Å². The second kappa shape index (κ2) is 10.4. The Morgan fingerprint density at radius 1 is 1.31 bits per heavy atom. The van der Waals surface area contributed by atoms with Gasteiger partial charge in [-0.2, -0.15) is 0 Å². The molecule has 3 rings (SSSR count). The standard InChI is InChI=1S/C20H21FN2O4PS/c1-2-10-26-19(25)13-22-28(27-23-8-4-3-5-9-23)20(21)15-6-7-18-16(11-15)12-17(14-24)29-18/h3-9,11-12,14,20,22H,2,10,13H2,1H3/q+1. The number of ether oxygens (including phenoxy) is 1. The fraction of sp³-hybridized carbons (Fsp3) is 0.250. The molecule has 0 fully saturated rings. The lowest BCUT2D eigenvalue weighted by Gasteiger charge is -2.17. The second-order valence-corrected chi connectivity index (χ2v) is 8.80. The number of carbonyl (C=O) groups excluding carboxylic acids is 2. The maximum atomic E-state index is 15.4. The van der Waals surface area contributed by atoms with Crippen LogP contribution < -0.4 is 14.4 Å². The molecule has 3 aromatic rings. The molecule has 2 atom stereocenters. The van der Waals surface area contributed by atoms with Crippen LogP contribution in [-0.4, -0.2) is 25.4 Å². The van der Waals surface area contributed by atoms with Crippen molar-refractivity contribution in [2.24, 2.45) is 0 Å². The number of aldehydes is 1. The lowest BCUT2D eigenvalue weighted by molar-refractivity contribution is -0.857. The molecule has 29 heavy (non-hydrogen) atoms. The lowest BCUT2D eigenvalue weighted by atomic mass is 10.2. The van der Waals surface area contributed by atoms with E-state index in [1.165, 1.54) is 16.1 Å². The minimum Gasteiger partial charge on any atom is -0.465 e. The van der Waals surface area contributed by atoms with E-state index in [0.717, 1.165) is 16.4 Å². The Bertz CT molecular complexity index is 970. The predicted octanol–water partition coefficient (Wildman–Crippen LogP) is 3.95. The van der Waals surface area contributed by atoms with Crippen molar-refractivity contribution >= 4 is 42.0 Å². The van der Waals surface area contributed by atoms with E-state index in [1.807, 2.05) is 13.0 Å². The van der Waals surface area contributed by atoms with Crippen LogP contribution in [0.5, 0.6) is 0 Å². The van der Waals surface area contributed by atoms with Gasteiger partial charge in [-0.1, -0.05) is 19.1 Å². The summed E-state index contributed by atoms with van der Waals surface area (Å²) < 4.78 is 28.5. The van der Waals surface area contributed by atoms with Crippen LogP contribution in [0, 0.1) is 0 Å². The molecule has 1 N–H and O–H groups in total. The normalized spacial score (nSPS) is 13.0. The molecule has 0 aliphatic rings. The van der Waals surface area contributed by atoms with E-state index in [1.54, 1.807) is 48.8 Å². The quantitative estimate of drug-likeness (QED) is 0.226. The van der Waals surface area contributed by atoms with Crippen LogP contribution in [-0.2, 0) is 9.53 Å². The zero-order chi connectivity index (χ0) is 20.6. The van der Waals surface area contributed by atoms with Gasteiger partial charge in [-0.05, 0) is 35.6 Å². The van der Waals surface area contributed by atoms with Crippen molar-refractivity contribution in [3.63, 3.8) is 0 Å². The summed E-state index contributed by atoms with van der Waals surface area (Å²) >= 11 is 1.35. The van der Waals surface area contributed by atoms with Gasteiger partial charge >= 0.3 is 5.97 Å². The molecular formula is C20H21FN2O4PS+. The maximum absolute atomic E-state index is 15.4. The van der Waals surface area contributed by atoms with Crippen LogP contribution >= 0.6 is 19.6 Å². The van der Waals surface area contributed by atoms with Gasteiger partial charge < -0.3 is 4.74 Å². The SMILES string of the molecule is CCCOC(=O)CNP(O[n+]1ccccc1)C(F)c1ccc2sc(C=O)cc2c1. The molecule has 0 bridgehead atoms. The highest BCUT2D eigenvalue weighted by Crippen LogP contribution is 2.47. The number of fused-ring (bicyclic) bond motifs is 1. The number of pyridine rings is 1. The predicted molar refractivity (Wildman–Crippen MR) is 110 cm³/mol. The number of thiophene rings is 1. The van der Waals surface area contributed by atoms with Gasteiger partial charge in [0, 0.05) is 21.6 Å². The Kier molecular flexibility index (Phi) is 7.63. The third kappa shape index (κ3) is 5.79. The average molecular weight is 435 g/mol. The molecule has 0 aliphatic heterocycles. The Balaban J connectivity index is 1.79. The summed E-state index contributed by atoms with van der Waals surface area (Å²) in [6.45, 7) is 2.06. The van der Waals surface area contributed by atoms with Gasteiger partial charge in [-0.3, -0.25) is 9.59 Å². The molecule has 9 heteroatoms. The Hall–Kier alpha value is -2.41. The molecule has 0 radical (unpaired) electrons. The van der Waals surface area contributed by atoms with E-state index >= 15 is 4.39 Å². The number of alkyl halides is 1. The number of halogens is 1. The van der Waals surface area contributed by atoms with Gasteiger partial charge in [0.15, 0.2) is 6.29 Å². The first-order valence-corrected chi connectivity index (χ1v) is 11.2. The number of benzene rings is 1. The van der Waals surface area contributed by atoms with E-state index in [9.17, 15) is 9.59 Å². The number of carbonyl (C=O) groups is 2. The maximum Gasteiger partial charge on any atom is 0.320 e. The van der Waals surface area contributed by atoms with Gasteiger partial charge in [0.1, 0.15) is 6.54 Å². The second-order valence-electron chi connectivity index (χ2n) is 6.10. The number of esters is 1. The van der Waals surface area contributed by atoms with Crippen LogP contribution in [0.2, 0.25) is 0 Å². The number of nitrogens with one attached hydrogen (secondary N) is 1. The van der Waals surface area contributed by atoms with Gasteiger partial charge in [-0.15, -0.1) is 11.3 Å². The monoisotopic (exact) mass is 435 g/mol. The van der Waals surface area contributed by atoms with Crippen molar-refractivity contribution in [2.75, 3.05) is 13.2 Å². The molecule has 0 aliphatic carbocycles. The number of nitrogens with zero attached hydrogens (tertiary/aromatic N) is 1. The highest BCUT2D eigenvalue weighted by molar-refractivity contribution is 7.50. The number of hydrogen-bond acceptors (Lipinski definition) is 6. The van der Waals surface area contributed by atoms with Gasteiger partial charge in [0.25, 0.3) is 8.30 Å². The van der Waals surface area contributed by atoms with Crippen LogP contribution in [0.15, 0.2) is 54.9 Å². The van der Waals surface area contributed by atoms with Crippen molar-refractivity contribution in [3.8, 4) is 0 Å². The minimum absolute atomic E-state index is 0.157. The third-order valence-electron chi connectivity index (χ3n) is 3.87. The minimum atomic E-state index is -1.89. The molecule has 2 heterocycles. The first kappa shape index (κ1) is 21.3. The molecule has 2 unspecified atom stereocenters. The fourth-order valence-corrected chi connectivity index (χ4v) is 4.71. The largest absolute Gasteiger partial charge is 0.465 e. The summed E-state index contributed by atoms with van der Waals surface area (Å²) in [6, 6.07) is 12.2. The van der Waals surface area contributed by atoms with Crippen LogP contribution in [0.1, 0.15) is 34.5 Å². The van der Waals surface area contributed by atoms with E-state index in [4.69, 9.17) is 9.36 Å². The molecule has 1 aromatic carbocycles. The molecule has 0 spiro atoms. The lowest BCUT2D eigenvalue weighted by Crippen LogP contribution is -2.42. The molecule has 2 aromatic heterocycles. The molecule has 0 amide bonds. The van der Waals surface area contributed by atoms with Crippen LogP contribution in [0.4, 0.5) is 4.39 Å². The Labute approximate surface area is 173 Å². The van der Waals surface area contributed by atoms with Crippen molar-refractivity contribution in [1.82, 2.24) is 5.09 Å². The van der Waals surface area contributed by atoms with Crippen molar-refractivity contribution in [2.45, 2.75) is 19.3 Å². The third-order valence-corrected chi connectivity index (χ3v) is 6.46. The average Bonchev–Trinajstić information content (AvgIpc) is 3.17. The van der Waals surface area contributed by atoms with E-state index < -0.39 is 20.2 Å². The van der Waals surface area contributed by atoms with Crippen LogP contribution in [0.25, 0.3) is 10.1 Å². The highest BCUT2D eigenvalue weighted by atomic mass is 32.1. The summed E-state index contributed by atoms with van der Waals surface area (Å²) in [7, 11) is -1.89. The van der Waals surface area contributed by atoms with Crippen molar-refractivity contribution in [3.05, 3.63) is 65.3 Å². The van der Waals surface area contributed by atoms with E-state index in [2.05, 4.69) is 5.09 Å². The smallest absolute Gasteiger partial charge is 0.320 e. The van der Waals surface area contributed by atoms with E-state index in [0.29, 0.717) is 23.5 Å². The zero-order valence-electron chi connectivity index (χ0n) is 15.8. The molecule has 0 saturated heterocycles. The first-order chi connectivity index (χ1) is 14.1. The highest BCUT2D eigenvalue weighted by Gasteiger charge is 2.31. The molecule has 0 saturated carbocycles. The summed E-state index contributed by atoms with van der Waals surface area (Å²) in [5.74, 6) is -1.96. The molecule has 152 valence electrons. The first-order valence-electron chi connectivity index (χ1n) is 9.06. The fourth-order valence-electron chi connectivity index (χ4n) is 2.52. The Morgan fingerprint density at radius 2 is 2.10 bits per heavy atom. The molecule has 6 nitrogen and oxygen atoms in total. The molecular weight excluding hydrogens is 414 g/mol. The number of aromatic nitrogens is 1. The van der Waals surface area contributed by atoms with Crippen molar-refractivity contribution in [1.29, 1.82) is 0 Å². The summed E-state index contributed by atoms with van der Waals surface area (Å²) in [4.78, 5) is 23.4. The van der Waals surface area contributed by atoms with Crippen molar-refractivity contribution < 1.29 is 28.1 Å². The van der Waals surface area contributed by atoms with Crippen LogP contribution in [0.3, 0.4) is 0 Å². The summed E-state index contributed by atoms with van der Waals surface area (Å²) in [6.07, 6.45) is 4.80. The number of hydrogen-bond donors (Lipinski definition) is 1. The summed E-state index contributed by atoms with van der Waals surface area (Å²) in [5, 5.41) is 3.65. The van der Waals surface area contributed by atoms with Gasteiger partial charge in [-0.25, -0.2) is 14.1 Å².